The van der Waals surface area contributed by atoms with Gasteiger partial charge < -0.3 is 4.74 Å². The van der Waals surface area contributed by atoms with E-state index in [-0.39, 0.29) is 18.4 Å². The van der Waals surface area contributed by atoms with Crippen LogP contribution in [-0.2, 0) is 9.53 Å². The number of carbonyl (C=O) groups is 1. The van der Waals surface area contributed by atoms with E-state index in [4.69, 9.17) is 4.74 Å². The SMILES string of the molecule is CC(C)C1=NC(=O)CO1. The topological polar surface area (TPSA) is 38.7 Å². The van der Waals surface area contributed by atoms with Gasteiger partial charge in [-0.1, -0.05) is 13.8 Å². The molecule has 1 amide bonds. The molecule has 0 saturated heterocycles. The molecule has 0 N–H and O–H groups in total. The molecule has 1 aliphatic heterocycles. The van der Waals surface area contributed by atoms with Crippen LogP contribution in [0.2, 0.25) is 0 Å². The van der Waals surface area contributed by atoms with Gasteiger partial charge in [-0.05, 0) is 0 Å². The number of nitrogens with zero attached hydrogens (tertiary/aromatic N) is 1. The first kappa shape index (κ1) is 6.26. The van der Waals surface area contributed by atoms with Crippen molar-refractivity contribution in [3.8, 4) is 0 Å². The van der Waals surface area contributed by atoms with Crippen molar-refractivity contribution in [1.29, 1.82) is 0 Å². The van der Waals surface area contributed by atoms with Gasteiger partial charge in [0.2, 0.25) is 0 Å². The Morgan fingerprint density at radius 2 is 2.33 bits per heavy atom. The Labute approximate surface area is 53.7 Å². The van der Waals surface area contributed by atoms with E-state index in [1.165, 1.54) is 0 Å². The highest BCUT2D eigenvalue weighted by atomic mass is 16.5. The Hall–Kier alpha value is -0.860. The number of carbonyl (C=O) groups excluding carboxylic acids is 1. The highest BCUT2D eigenvalue weighted by Crippen LogP contribution is 2.04. The number of aliphatic imine (C=N–C) groups is 1. The molecular weight excluding hydrogens is 118 g/mol. The minimum atomic E-state index is -0.168. The fourth-order valence-corrected chi connectivity index (χ4v) is 0.619. The largest absolute Gasteiger partial charge is 0.470 e. The molecule has 0 aromatic rings. The molecule has 0 aromatic heterocycles. The van der Waals surface area contributed by atoms with Crippen LogP contribution in [0.5, 0.6) is 0 Å². The van der Waals surface area contributed by atoms with Crippen LogP contribution < -0.4 is 0 Å². The zero-order valence-electron chi connectivity index (χ0n) is 5.55. The first-order chi connectivity index (χ1) is 4.20. The molecule has 9 heavy (non-hydrogen) atoms. The van der Waals surface area contributed by atoms with Crippen molar-refractivity contribution in [2.45, 2.75) is 13.8 Å². The fraction of sp³-hybridized carbons (Fsp3) is 0.667. The van der Waals surface area contributed by atoms with E-state index in [1.54, 1.807) is 0 Å². The Morgan fingerprint density at radius 1 is 1.67 bits per heavy atom. The van der Waals surface area contributed by atoms with E-state index in [2.05, 4.69) is 4.99 Å². The van der Waals surface area contributed by atoms with E-state index in [0.717, 1.165) is 0 Å². The van der Waals surface area contributed by atoms with Crippen molar-refractivity contribution in [3.05, 3.63) is 0 Å². The quantitative estimate of drug-likeness (QED) is 0.517. The Morgan fingerprint density at radius 3 is 2.56 bits per heavy atom. The molecule has 0 aromatic carbocycles. The zero-order valence-corrected chi connectivity index (χ0v) is 5.55. The zero-order chi connectivity index (χ0) is 6.85. The van der Waals surface area contributed by atoms with E-state index in [0.29, 0.717) is 5.90 Å². The first-order valence-electron chi connectivity index (χ1n) is 2.94. The van der Waals surface area contributed by atoms with Gasteiger partial charge in [-0.2, -0.15) is 4.99 Å². The smallest absolute Gasteiger partial charge is 0.286 e. The number of ether oxygens (including phenoxy) is 1. The number of amides is 1. The molecule has 3 nitrogen and oxygen atoms in total. The predicted octanol–water partition coefficient (Wildman–Crippen LogP) is 0.598. The second kappa shape index (κ2) is 2.17. The van der Waals surface area contributed by atoms with Crippen molar-refractivity contribution in [2.24, 2.45) is 10.9 Å². The van der Waals surface area contributed by atoms with Crippen molar-refractivity contribution in [3.63, 3.8) is 0 Å². The normalized spacial score (nSPS) is 18.1. The number of hydrogen-bond acceptors (Lipinski definition) is 2. The van der Waals surface area contributed by atoms with Crippen LogP contribution in [-0.4, -0.2) is 18.4 Å². The molecule has 1 heterocycles. The van der Waals surface area contributed by atoms with Crippen molar-refractivity contribution < 1.29 is 9.53 Å². The van der Waals surface area contributed by atoms with E-state index in [9.17, 15) is 4.79 Å². The van der Waals surface area contributed by atoms with Crippen LogP contribution in [0.4, 0.5) is 0 Å². The van der Waals surface area contributed by atoms with Gasteiger partial charge in [0.05, 0.1) is 0 Å². The van der Waals surface area contributed by atoms with Crippen LogP contribution in [0.25, 0.3) is 0 Å². The molecule has 3 heteroatoms. The van der Waals surface area contributed by atoms with Crippen LogP contribution in [0.15, 0.2) is 4.99 Å². The molecule has 1 aliphatic rings. The molecule has 0 unspecified atom stereocenters. The maximum absolute atomic E-state index is 10.4. The second-order valence-electron chi connectivity index (χ2n) is 2.29. The molecule has 0 aliphatic carbocycles. The maximum Gasteiger partial charge on any atom is 0.286 e. The highest BCUT2D eigenvalue weighted by Gasteiger charge is 2.16. The monoisotopic (exact) mass is 127 g/mol. The lowest BCUT2D eigenvalue weighted by molar-refractivity contribution is -0.118. The summed E-state index contributed by atoms with van der Waals surface area (Å²) in [6.45, 7) is 4.02. The van der Waals surface area contributed by atoms with Gasteiger partial charge >= 0.3 is 0 Å². The van der Waals surface area contributed by atoms with Gasteiger partial charge in [-0.3, -0.25) is 4.79 Å². The summed E-state index contributed by atoms with van der Waals surface area (Å²) in [4.78, 5) is 14.1. The third kappa shape index (κ3) is 1.28. The maximum atomic E-state index is 10.4. The molecule has 0 fully saturated rings. The predicted molar refractivity (Wildman–Crippen MR) is 33.2 cm³/mol. The lowest BCUT2D eigenvalue weighted by atomic mass is 10.2. The van der Waals surface area contributed by atoms with Crippen LogP contribution in [0.1, 0.15) is 13.8 Å². The molecule has 50 valence electrons. The van der Waals surface area contributed by atoms with Gasteiger partial charge in [0.25, 0.3) is 5.91 Å². The lowest BCUT2D eigenvalue weighted by Gasteiger charge is -2.00. The van der Waals surface area contributed by atoms with Gasteiger partial charge in [-0.15, -0.1) is 0 Å². The molecule has 0 radical (unpaired) electrons. The minimum Gasteiger partial charge on any atom is -0.470 e. The van der Waals surface area contributed by atoms with Gasteiger partial charge in [0, 0.05) is 5.92 Å². The summed E-state index contributed by atoms with van der Waals surface area (Å²) in [6, 6.07) is 0. The summed E-state index contributed by atoms with van der Waals surface area (Å²) in [6.07, 6.45) is 0. The lowest BCUT2D eigenvalue weighted by Crippen LogP contribution is -2.06. The van der Waals surface area contributed by atoms with Crippen LogP contribution in [0, 0.1) is 5.92 Å². The van der Waals surface area contributed by atoms with Crippen LogP contribution >= 0.6 is 0 Å². The third-order valence-electron chi connectivity index (χ3n) is 1.07. The summed E-state index contributed by atoms with van der Waals surface area (Å²) in [7, 11) is 0. The van der Waals surface area contributed by atoms with E-state index >= 15 is 0 Å². The molecule has 0 spiro atoms. The molecule has 1 rings (SSSR count). The summed E-state index contributed by atoms with van der Waals surface area (Å²) < 4.78 is 4.93. The molecular formula is C6H9NO2. The average molecular weight is 127 g/mol. The summed E-state index contributed by atoms with van der Waals surface area (Å²) in [5, 5.41) is 0. The summed E-state index contributed by atoms with van der Waals surface area (Å²) >= 11 is 0. The fourth-order valence-electron chi connectivity index (χ4n) is 0.619. The Bertz CT molecular complexity index is 160. The van der Waals surface area contributed by atoms with E-state index in [1.807, 2.05) is 13.8 Å². The van der Waals surface area contributed by atoms with Crippen LogP contribution in [0.3, 0.4) is 0 Å². The molecule has 0 bridgehead atoms. The molecule has 0 saturated carbocycles. The minimum absolute atomic E-state index is 0.132. The Balaban J connectivity index is 2.62. The van der Waals surface area contributed by atoms with Crippen molar-refractivity contribution in [1.82, 2.24) is 0 Å². The highest BCUT2D eigenvalue weighted by molar-refractivity contribution is 5.97. The number of rotatable bonds is 1. The second-order valence-corrected chi connectivity index (χ2v) is 2.29. The van der Waals surface area contributed by atoms with Crippen molar-refractivity contribution in [2.75, 3.05) is 6.61 Å². The van der Waals surface area contributed by atoms with Gasteiger partial charge in [-0.25, -0.2) is 0 Å². The average Bonchev–Trinajstić information content (AvgIpc) is 2.14. The van der Waals surface area contributed by atoms with Gasteiger partial charge in [0.15, 0.2) is 12.5 Å². The Kier molecular flexibility index (Phi) is 1.51. The summed E-state index contributed by atoms with van der Waals surface area (Å²) in [5.74, 6) is 0.634. The first-order valence-corrected chi connectivity index (χ1v) is 2.94. The number of hydrogen-bond donors (Lipinski definition) is 0. The van der Waals surface area contributed by atoms with Crippen molar-refractivity contribution >= 4 is 11.8 Å². The van der Waals surface area contributed by atoms with E-state index < -0.39 is 0 Å². The standard InChI is InChI=1S/C6H9NO2/c1-4(2)6-7-5(8)3-9-6/h4H,3H2,1-2H3. The van der Waals surface area contributed by atoms with Gasteiger partial charge in [0.1, 0.15) is 0 Å². The summed E-state index contributed by atoms with van der Waals surface area (Å²) in [5.41, 5.74) is 0. The molecule has 0 atom stereocenters. The third-order valence-corrected chi connectivity index (χ3v) is 1.07.